The third-order valence-corrected chi connectivity index (χ3v) is 3.14. The van der Waals surface area contributed by atoms with Crippen molar-refractivity contribution in [2.75, 3.05) is 26.7 Å². The van der Waals surface area contributed by atoms with Gasteiger partial charge in [-0.2, -0.15) is 0 Å². The van der Waals surface area contributed by atoms with Gasteiger partial charge < -0.3 is 15.5 Å². The minimum absolute atomic E-state index is 0.0365. The first-order valence-corrected chi connectivity index (χ1v) is 6.28. The maximum absolute atomic E-state index is 12.2. The minimum Gasteiger partial charge on any atom is -0.357 e. The molecule has 2 rings (SSSR count). The molecule has 19 heavy (non-hydrogen) atoms. The molecule has 1 aromatic rings. The zero-order chi connectivity index (χ0) is 13.7. The van der Waals surface area contributed by atoms with E-state index in [4.69, 9.17) is 0 Å². The molecule has 2 amide bonds. The molecule has 1 unspecified atom stereocenters. The monoisotopic (exact) mass is 266 g/mol. The summed E-state index contributed by atoms with van der Waals surface area (Å²) in [6.07, 6.45) is 3.60. The van der Waals surface area contributed by atoms with Crippen LogP contribution in [0.25, 0.3) is 0 Å². The molecule has 8 nitrogen and oxygen atoms in total. The van der Waals surface area contributed by atoms with Gasteiger partial charge in [-0.1, -0.05) is 5.21 Å². The number of aryl methyl sites for hydroxylation is 1. The zero-order valence-electron chi connectivity index (χ0n) is 10.9. The molecule has 1 saturated heterocycles. The highest BCUT2D eigenvalue weighted by atomic mass is 16.2. The van der Waals surface area contributed by atoms with Crippen LogP contribution in [0.2, 0.25) is 0 Å². The lowest BCUT2D eigenvalue weighted by Crippen LogP contribution is -2.59. The average Bonchev–Trinajstić information content (AvgIpc) is 2.97. The normalized spacial score (nSPS) is 19.2. The van der Waals surface area contributed by atoms with E-state index in [1.54, 1.807) is 29.0 Å². The van der Waals surface area contributed by atoms with E-state index in [-0.39, 0.29) is 11.8 Å². The summed E-state index contributed by atoms with van der Waals surface area (Å²) < 4.78 is 1.61. The summed E-state index contributed by atoms with van der Waals surface area (Å²) in [6.45, 7) is 2.23. The summed E-state index contributed by atoms with van der Waals surface area (Å²) in [5.41, 5.74) is 0. The molecule has 0 radical (unpaired) electrons. The summed E-state index contributed by atoms with van der Waals surface area (Å²) >= 11 is 0. The fourth-order valence-corrected chi connectivity index (χ4v) is 2.11. The molecule has 1 atom stereocenters. The van der Waals surface area contributed by atoms with Crippen molar-refractivity contribution in [1.82, 2.24) is 30.5 Å². The fourth-order valence-electron chi connectivity index (χ4n) is 2.11. The van der Waals surface area contributed by atoms with Crippen LogP contribution in [-0.2, 0) is 16.1 Å². The van der Waals surface area contributed by atoms with Crippen LogP contribution in [0.5, 0.6) is 0 Å². The average molecular weight is 266 g/mol. The van der Waals surface area contributed by atoms with Crippen LogP contribution < -0.4 is 10.6 Å². The largest absolute Gasteiger partial charge is 0.357 e. The van der Waals surface area contributed by atoms with Crippen molar-refractivity contribution in [2.45, 2.75) is 19.0 Å². The Hall–Kier alpha value is -1.96. The zero-order valence-corrected chi connectivity index (χ0v) is 10.9. The Kier molecular flexibility index (Phi) is 4.45. The molecule has 104 valence electrons. The number of carbonyl (C=O) groups is 2. The van der Waals surface area contributed by atoms with E-state index >= 15 is 0 Å². The second-order valence-electron chi connectivity index (χ2n) is 4.34. The van der Waals surface area contributed by atoms with Crippen LogP contribution in [0, 0.1) is 0 Å². The standard InChI is InChI=1S/C11H18N6O2/c1-12-11(19)9-8-13-3-7-17(9)10(18)2-5-16-6-4-14-15-16/h4,6,9,13H,2-3,5,7-8H2,1H3,(H,12,19). The van der Waals surface area contributed by atoms with Gasteiger partial charge in [-0.15, -0.1) is 5.10 Å². The summed E-state index contributed by atoms with van der Waals surface area (Å²) in [7, 11) is 1.58. The first-order valence-electron chi connectivity index (χ1n) is 6.28. The highest BCUT2D eigenvalue weighted by Crippen LogP contribution is 2.06. The number of likely N-dealkylation sites (N-methyl/N-ethyl adjacent to an activating group) is 1. The van der Waals surface area contributed by atoms with Gasteiger partial charge in [-0.3, -0.25) is 14.3 Å². The lowest BCUT2D eigenvalue weighted by atomic mass is 10.1. The molecule has 2 N–H and O–H groups in total. The summed E-state index contributed by atoms with van der Waals surface area (Å²) in [4.78, 5) is 25.6. The van der Waals surface area contributed by atoms with Crippen molar-refractivity contribution in [3.8, 4) is 0 Å². The molecule has 0 bridgehead atoms. The van der Waals surface area contributed by atoms with Crippen LogP contribution in [-0.4, -0.2) is 64.4 Å². The Morgan fingerprint density at radius 1 is 1.53 bits per heavy atom. The Morgan fingerprint density at radius 2 is 2.37 bits per heavy atom. The molecule has 1 fully saturated rings. The number of rotatable bonds is 4. The molecular weight excluding hydrogens is 248 g/mol. The van der Waals surface area contributed by atoms with Crippen LogP contribution >= 0.6 is 0 Å². The SMILES string of the molecule is CNC(=O)C1CNCCN1C(=O)CCn1ccnn1. The van der Waals surface area contributed by atoms with Gasteiger partial charge in [-0.05, 0) is 0 Å². The highest BCUT2D eigenvalue weighted by Gasteiger charge is 2.30. The van der Waals surface area contributed by atoms with Crippen molar-refractivity contribution in [2.24, 2.45) is 0 Å². The van der Waals surface area contributed by atoms with Crippen LogP contribution in [0.15, 0.2) is 12.4 Å². The topological polar surface area (TPSA) is 92.2 Å². The fraction of sp³-hybridized carbons (Fsp3) is 0.636. The van der Waals surface area contributed by atoms with Gasteiger partial charge in [0.25, 0.3) is 0 Å². The Balaban J connectivity index is 1.93. The third kappa shape index (κ3) is 3.28. The van der Waals surface area contributed by atoms with E-state index in [0.29, 0.717) is 32.6 Å². The van der Waals surface area contributed by atoms with Gasteiger partial charge in [-0.25, -0.2) is 0 Å². The van der Waals surface area contributed by atoms with Crippen molar-refractivity contribution in [3.05, 3.63) is 12.4 Å². The molecule has 1 aromatic heterocycles. The molecule has 2 heterocycles. The lowest BCUT2D eigenvalue weighted by Gasteiger charge is -2.35. The molecule has 1 aliphatic rings. The molecule has 0 saturated carbocycles. The number of piperazine rings is 1. The van der Waals surface area contributed by atoms with E-state index in [2.05, 4.69) is 20.9 Å². The quantitative estimate of drug-likeness (QED) is 0.672. The third-order valence-electron chi connectivity index (χ3n) is 3.14. The molecular formula is C11H18N6O2. The maximum atomic E-state index is 12.2. The van der Waals surface area contributed by atoms with Crippen LogP contribution in [0.3, 0.4) is 0 Å². The second-order valence-corrected chi connectivity index (χ2v) is 4.34. The molecule has 0 aromatic carbocycles. The molecule has 0 aliphatic carbocycles. The molecule has 1 aliphatic heterocycles. The highest BCUT2D eigenvalue weighted by molar-refractivity contribution is 5.88. The van der Waals surface area contributed by atoms with Gasteiger partial charge in [0.15, 0.2) is 0 Å². The summed E-state index contributed by atoms with van der Waals surface area (Å²) in [6, 6.07) is -0.429. The second kappa shape index (κ2) is 6.28. The molecule has 0 spiro atoms. The van der Waals surface area contributed by atoms with Gasteiger partial charge in [0, 0.05) is 39.3 Å². The number of nitrogens with one attached hydrogen (secondary N) is 2. The van der Waals surface area contributed by atoms with E-state index in [1.165, 1.54) is 0 Å². The van der Waals surface area contributed by atoms with Gasteiger partial charge in [0.2, 0.25) is 11.8 Å². The number of amides is 2. The first-order chi connectivity index (χ1) is 9.22. The van der Waals surface area contributed by atoms with E-state index in [9.17, 15) is 9.59 Å². The summed E-state index contributed by atoms with van der Waals surface area (Å²) in [5.74, 6) is -0.174. The Bertz CT molecular complexity index is 432. The smallest absolute Gasteiger partial charge is 0.243 e. The van der Waals surface area contributed by atoms with Gasteiger partial charge >= 0.3 is 0 Å². The predicted molar refractivity (Wildman–Crippen MR) is 67.1 cm³/mol. The predicted octanol–water partition coefficient (Wildman–Crippen LogP) is -1.79. The maximum Gasteiger partial charge on any atom is 0.243 e. The number of aromatic nitrogens is 3. The minimum atomic E-state index is -0.429. The Morgan fingerprint density at radius 3 is 3.05 bits per heavy atom. The van der Waals surface area contributed by atoms with Crippen LogP contribution in [0.1, 0.15) is 6.42 Å². The van der Waals surface area contributed by atoms with Crippen molar-refractivity contribution < 1.29 is 9.59 Å². The Labute approximate surface area is 111 Å². The van der Waals surface area contributed by atoms with E-state index < -0.39 is 6.04 Å². The first kappa shape index (κ1) is 13.5. The summed E-state index contributed by atoms with van der Waals surface area (Å²) in [5, 5.41) is 13.2. The van der Waals surface area contributed by atoms with Gasteiger partial charge in [0.1, 0.15) is 6.04 Å². The van der Waals surface area contributed by atoms with E-state index in [1.807, 2.05) is 0 Å². The number of carbonyl (C=O) groups excluding carboxylic acids is 2. The van der Waals surface area contributed by atoms with Crippen molar-refractivity contribution in [1.29, 1.82) is 0 Å². The van der Waals surface area contributed by atoms with Crippen LogP contribution in [0.4, 0.5) is 0 Å². The van der Waals surface area contributed by atoms with Gasteiger partial charge in [0.05, 0.1) is 12.7 Å². The van der Waals surface area contributed by atoms with Crippen molar-refractivity contribution >= 4 is 11.8 Å². The lowest BCUT2D eigenvalue weighted by molar-refractivity contribution is -0.141. The number of nitrogens with zero attached hydrogens (tertiary/aromatic N) is 4. The van der Waals surface area contributed by atoms with Crippen molar-refractivity contribution in [3.63, 3.8) is 0 Å². The number of hydrogen-bond acceptors (Lipinski definition) is 5. The number of hydrogen-bond donors (Lipinski definition) is 2. The molecule has 8 heteroatoms. The van der Waals surface area contributed by atoms with E-state index in [0.717, 1.165) is 0 Å².